The summed E-state index contributed by atoms with van der Waals surface area (Å²) in [6.07, 6.45) is 0. The van der Waals surface area contributed by atoms with Crippen LogP contribution in [0.2, 0.25) is 0 Å². The zero-order valence-corrected chi connectivity index (χ0v) is 18.1. The van der Waals surface area contributed by atoms with Gasteiger partial charge in [0.2, 0.25) is 5.91 Å². The molecule has 1 N–H and O–H groups in total. The van der Waals surface area contributed by atoms with Crippen LogP contribution in [0, 0.1) is 5.92 Å². The number of benzene rings is 1. The Morgan fingerprint density at radius 3 is 2.45 bits per heavy atom. The molecule has 6 nitrogen and oxygen atoms in total. The Labute approximate surface area is 176 Å². The molecule has 2 aromatic rings. The van der Waals surface area contributed by atoms with Crippen molar-refractivity contribution in [3.8, 4) is 5.75 Å². The van der Waals surface area contributed by atoms with Gasteiger partial charge in [-0.3, -0.25) is 14.5 Å². The number of piperazine rings is 1. The first-order valence-corrected chi connectivity index (χ1v) is 10.8. The second kappa shape index (κ2) is 9.89. The Hall–Kier alpha value is -2.38. The van der Waals surface area contributed by atoms with Gasteiger partial charge in [0.15, 0.2) is 0 Å². The molecule has 7 heteroatoms. The molecule has 0 radical (unpaired) electrons. The van der Waals surface area contributed by atoms with Crippen molar-refractivity contribution in [1.29, 1.82) is 0 Å². The summed E-state index contributed by atoms with van der Waals surface area (Å²) in [6, 6.07) is 10.7. The van der Waals surface area contributed by atoms with Crippen molar-refractivity contribution in [3.63, 3.8) is 0 Å². The summed E-state index contributed by atoms with van der Waals surface area (Å²) in [7, 11) is 1.53. The molecule has 0 saturated carbocycles. The fraction of sp³-hybridized carbons (Fsp3) is 0.455. The van der Waals surface area contributed by atoms with E-state index in [2.05, 4.69) is 27.7 Å². The van der Waals surface area contributed by atoms with Gasteiger partial charge in [0.05, 0.1) is 12.7 Å². The first-order valence-electron chi connectivity index (χ1n) is 9.97. The third-order valence-electron chi connectivity index (χ3n) is 5.21. The van der Waals surface area contributed by atoms with Gasteiger partial charge >= 0.3 is 0 Å². The summed E-state index contributed by atoms with van der Waals surface area (Å²) in [5.74, 6) is 0.192. The molecular weight excluding hydrogens is 386 g/mol. The molecule has 156 valence electrons. The largest absolute Gasteiger partial charge is 0.496 e. The monoisotopic (exact) mass is 415 g/mol. The minimum Gasteiger partial charge on any atom is -0.496 e. The van der Waals surface area contributed by atoms with Crippen molar-refractivity contribution in [2.45, 2.75) is 26.4 Å². The third-order valence-corrected chi connectivity index (χ3v) is 6.08. The Morgan fingerprint density at radius 2 is 1.83 bits per heavy atom. The van der Waals surface area contributed by atoms with Crippen LogP contribution in [0.4, 0.5) is 0 Å². The summed E-state index contributed by atoms with van der Waals surface area (Å²) in [4.78, 5) is 31.5. The minimum absolute atomic E-state index is 0.00898. The molecule has 1 aromatic heterocycles. The van der Waals surface area contributed by atoms with E-state index in [0.717, 1.165) is 19.6 Å². The predicted octanol–water partition coefficient (Wildman–Crippen LogP) is 2.86. The van der Waals surface area contributed by atoms with E-state index in [-0.39, 0.29) is 17.7 Å². The van der Waals surface area contributed by atoms with Crippen LogP contribution in [0.5, 0.6) is 5.75 Å². The van der Waals surface area contributed by atoms with E-state index in [9.17, 15) is 9.59 Å². The molecule has 1 fully saturated rings. The Balaban J connectivity index is 1.60. The normalized spacial score (nSPS) is 15.9. The van der Waals surface area contributed by atoms with Gasteiger partial charge in [0.25, 0.3) is 5.91 Å². The summed E-state index contributed by atoms with van der Waals surface area (Å²) in [5, 5.41) is 5.02. The van der Waals surface area contributed by atoms with Crippen LogP contribution < -0.4 is 10.1 Å². The van der Waals surface area contributed by atoms with Gasteiger partial charge in [0.1, 0.15) is 11.8 Å². The number of hydrogen-bond acceptors (Lipinski definition) is 5. The quantitative estimate of drug-likeness (QED) is 0.755. The molecule has 1 aliphatic rings. The van der Waals surface area contributed by atoms with E-state index in [1.807, 2.05) is 24.8 Å². The number of methoxy groups -OCH3 is 1. The number of carbonyl (C=O) groups is 2. The highest BCUT2D eigenvalue weighted by Gasteiger charge is 2.31. The van der Waals surface area contributed by atoms with Crippen molar-refractivity contribution in [2.24, 2.45) is 5.92 Å². The maximum absolute atomic E-state index is 13.1. The van der Waals surface area contributed by atoms with Crippen LogP contribution in [0.3, 0.4) is 0 Å². The smallest absolute Gasteiger partial charge is 0.255 e. The number of ether oxygens (including phenoxy) is 1. The number of carbonyl (C=O) groups excluding carboxylic acids is 2. The van der Waals surface area contributed by atoms with Crippen molar-refractivity contribution in [2.75, 3.05) is 33.3 Å². The lowest BCUT2D eigenvalue weighted by molar-refractivity contribution is -0.136. The lowest BCUT2D eigenvalue weighted by atomic mass is 10.0. The Morgan fingerprint density at radius 1 is 1.10 bits per heavy atom. The van der Waals surface area contributed by atoms with Crippen LogP contribution in [0.25, 0.3) is 0 Å². The molecule has 29 heavy (non-hydrogen) atoms. The Kier molecular flexibility index (Phi) is 7.28. The number of rotatable bonds is 7. The number of amides is 2. The predicted molar refractivity (Wildman–Crippen MR) is 115 cm³/mol. The summed E-state index contributed by atoms with van der Waals surface area (Å²) < 4.78 is 5.28. The average molecular weight is 416 g/mol. The van der Waals surface area contributed by atoms with Gasteiger partial charge < -0.3 is 15.0 Å². The van der Waals surface area contributed by atoms with Gasteiger partial charge in [0, 0.05) is 37.6 Å². The number of nitrogens with one attached hydrogen (secondary N) is 1. The molecule has 0 unspecified atom stereocenters. The van der Waals surface area contributed by atoms with Crippen molar-refractivity contribution in [1.82, 2.24) is 15.1 Å². The van der Waals surface area contributed by atoms with Crippen molar-refractivity contribution >= 4 is 23.2 Å². The topological polar surface area (TPSA) is 61.9 Å². The molecule has 2 heterocycles. The fourth-order valence-electron chi connectivity index (χ4n) is 3.51. The second-order valence-corrected chi connectivity index (χ2v) is 8.61. The number of hydrogen-bond donors (Lipinski definition) is 1. The highest BCUT2D eigenvalue weighted by atomic mass is 32.1. The van der Waals surface area contributed by atoms with Gasteiger partial charge in [-0.25, -0.2) is 0 Å². The highest BCUT2D eigenvalue weighted by molar-refractivity contribution is 7.09. The number of nitrogens with zero attached hydrogens (tertiary/aromatic N) is 2. The second-order valence-electron chi connectivity index (χ2n) is 7.58. The molecule has 1 aromatic carbocycles. The van der Waals surface area contributed by atoms with Crippen LogP contribution in [0.15, 0.2) is 41.8 Å². The maximum Gasteiger partial charge on any atom is 0.255 e. The highest BCUT2D eigenvalue weighted by Crippen LogP contribution is 2.19. The van der Waals surface area contributed by atoms with Crippen LogP contribution >= 0.6 is 11.3 Å². The summed E-state index contributed by atoms with van der Waals surface area (Å²) in [5.41, 5.74) is 0.439. The van der Waals surface area contributed by atoms with E-state index in [4.69, 9.17) is 4.74 Å². The summed E-state index contributed by atoms with van der Waals surface area (Å²) >= 11 is 1.76. The van der Waals surface area contributed by atoms with Gasteiger partial charge in [-0.1, -0.05) is 32.0 Å². The van der Waals surface area contributed by atoms with E-state index < -0.39 is 6.04 Å². The molecule has 0 bridgehead atoms. The molecule has 2 amide bonds. The average Bonchev–Trinajstić information content (AvgIpc) is 3.24. The Bertz CT molecular complexity index is 814. The van der Waals surface area contributed by atoms with Gasteiger partial charge in [-0.05, 0) is 29.5 Å². The first-order chi connectivity index (χ1) is 14.0. The van der Waals surface area contributed by atoms with Crippen LogP contribution in [-0.4, -0.2) is 60.9 Å². The fourth-order valence-corrected chi connectivity index (χ4v) is 4.26. The standard InChI is InChI=1S/C22H29N3O3S/c1-16(2)20(23-21(26)18-8-4-5-9-19(18)28-3)22(27)25-12-10-24(11-13-25)15-17-7-6-14-29-17/h4-9,14,16,20H,10-13,15H2,1-3H3,(H,23,26)/t20-/m0/s1. The van der Waals surface area contributed by atoms with Crippen LogP contribution in [0.1, 0.15) is 29.1 Å². The van der Waals surface area contributed by atoms with Crippen LogP contribution in [-0.2, 0) is 11.3 Å². The molecule has 1 atom stereocenters. The van der Waals surface area contributed by atoms with Gasteiger partial charge in [-0.2, -0.15) is 0 Å². The zero-order chi connectivity index (χ0) is 20.8. The molecular formula is C22H29N3O3S. The molecule has 3 rings (SSSR count). The molecule has 1 aliphatic heterocycles. The van der Waals surface area contributed by atoms with Crippen molar-refractivity contribution in [3.05, 3.63) is 52.2 Å². The van der Waals surface area contributed by atoms with E-state index in [1.54, 1.807) is 29.5 Å². The maximum atomic E-state index is 13.1. The first kappa shape index (κ1) is 21.3. The van der Waals surface area contributed by atoms with Crippen molar-refractivity contribution < 1.29 is 14.3 Å². The number of para-hydroxylation sites is 1. The molecule has 1 saturated heterocycles. The van der Waals surface area contributed by atoms with Gasteiger partial charge in [-0.15, -0.1) is 11.3 Å². The SMILES string of the molecule is COc1ccccc1C(=O)N[C@H](C(=O)N1CCN(Cc2cccs2)CC1)C(C)C. The minimum atomic E-state index is -0.559. The molecule has 0 aliphatic carbocycles. The third kappa shape index (κ3) is 5.36. The van der Waals surface area contributed by atoms with E-state index >= 15 is 0 Å². The lowest BCUT2D eigenvalue weighted by Crippen LogP contribution is -2.56. The van der Waals surface area contributed by atoms with E-state index in [1.165, 1.54) is 12.0 Å². The molecule has 0 spiro atoms. The number of thiophene rings is 1. The van der Waals surface area contributed by atoms with E-state index in [0.29, 0.717) is 24.4 Å². The lowest BCUT2D eigenvalue weighted by Gasteiger charge is -2.37. The zero-order valence-electron chi connectivity index (χ0n) is 17.3. The summed E-state index contributed by atoms with van der Waals surface area (Å²) in [6.45, 7) is 7.88.